The topological polar surface area (TPSA) is 166 Å². The Balaban J connectivity index is 0.971. The molecule has 0 bridgehead atoms. The lowest BCUT2D eigenvalue weighted by atomic mass is 9.61. The Hall–Kier alpha value is -3.65. The summed E-state index contributed by atoms with van der Waals surface area (Å²) in [4.78, 5) is 28.4. The molecule has 302 valence electrons. The van der Waals surface area contributed by atoms with E-state index in [4.69, 9.17) is 19.9 Å². The number of hydrogen-bond acceptors (Lipinski definition) is 10. The summed E-state index contributed by atoms with van der Waals surface area (Å²) in [6, 6.07) is 1.17. The fourth-order valence-electron chi connectivity index (χ4n) is 9.36. The molecule has 11 nitrogen and oxygen atoms in total. The van der Waals surface area contributed by atoms with Gasteiger partial charge in [-0.25, -0.2) is 4.79 Å². The molecule has 4 saturated carbocycles. The molecule has 1 aromatic rings. The molecule has 1 saturated heterocycles. The van der Waals surface area contributed by atoms with E-state index in [9.17, 15) is 33.7 Å². The van der Waals surface area contributed by atoms with Gasteiger partial charge in [0.25, 0.3) is 0 Å². The van der Waals surface area contributed by atoms with E-state index in [0.717, 1.165) is 50.3 Å². The van der Waals surface area contributed by atoms with Crippen LogP contribution in [0.2, 0.25) is 0 Å². The van der Waals surface area contributed by atoms with Crippen LogP contribution in [-0.4, -0.2) is 73.9 Å². The summed E-state index contributed by atoms with van der Waals surface area (Å²) in [6.07, 6.45) is 11.2. The SMILES string of the molecule is C=C(CCCC(=O)O[C@H]1C[C@H](O)C/C(=C/C=C2\CCC[C@@]3(C)C2CCC3[C@@H](C)/C=C/C(O)C2CC2)C1=C)OCC1OC(n2ccc(N)nc2=O)C(F)(F)C1O. The highest BCUT2D eigenvalue weighted by atomic mass is 19.3. The number of halogens is 2. The van der Waals surface area contributed by atoms with Gasteiger partial charge in [0.2, 0.25) is 6.23 Å². The van der Waals surface area contributed by atoms with E-state index in [-0.39, 0.29) is 42.4 Å². The van der Waals surface area contributed by atoms with Gasteiger partial charge in [-0.1, -0.05) is 56.9 Å². The number of rotatable bonds is 14. The van der Waals surface area contributed by atoms with E-state index in [2.05, 4.69) is 50.2 Å². The van der Waals surface area contributed by atoms with Gasteiger partial charge < -0.3 is 35.3 Å². The average Bonchev–Trinajstić information content (AvgIpc) is 3.88. The van der Waals surface area contributed by atoms with Gasteiger partial charge in [0, 0.05) is 25.5 Å². The van der Waals surface area contributed by atoms with E-state index in [1.54, 1.807) is 0 Å². The predicted molar refractivity (Wildman–Crippen MR) is 202 cm³/mol. The first kappa shape index (κ1) is 41.0. The zero-order chi connectivity index (χ0) is 39.7. The number of nitrogen functional groups attached to an aromatic ring is 1. The molecule has 2 heterocycles. The second kappa shape index (κ2) is 16.8. The van der Waals surface area contributed by atoms with Crippen LogP contribution < -0.4 is 11.4 Å². The van der Waals surface area contributed by atoms with Gasteiger partial charge in [-0.2, -0.15) is 13.8 Å². The third kappa shape index (κ3) is 9.16. The second-order valence-corrected chi connectivity index (χ2v) is 16.6. The molecule has 6 rings (SSSR count). The van der Waals surface area contributed by atoms with Gasteiger partial charge in [-0.15, -0.1) is 0 Å². The number of alkyl halides is 2. The first-order chi connectivity index (χ1) is 26.1. The summed E-state index contributed by atoms with van der Waals surface area (Å²) >= 11 is 0. The van der Waals surface area contributed by atoms with Crippen LogP contribution in [0.1, 0.15) is 97.1 Å². The normalized spacial score (nSPS) is 34.5. The number of hydrogen-bond donors (Lipinski definition) is 4. The van der Waals surface area contributed by atoms with Gasteiger partial charge in [-0.3, -0.25) is 9.36 Å². The van der Waals surface area contributed by atoms with Gasteiger partial charge in [0.15, 0.2) is 6.10 Å². The highest BCUT2D eigenvalue weighted by Crippen LogP contribution is 2.59. The molecule has 6 unspecified atom stereocenters. The van der Waals surface area contributed by atoms with Gasteiger partial charge in [0.1, 0.15) is 24.6 Å². The molecule has 4 aliphatic carbocycles. The summed E-state index contributed by atoms with van der Waals surface area (Å²) in [6.45, 7) is 12.3. The van der Waals surface area contributed by atoms with Crippen LogP contribution in [0, 0.1) is 29.1 Å². The van der Waals surface area contributed by atoms with Crippen molar-refractivity contribution in [3.05, 3.63) is 82.7 Å². The average molecular weight is 770 g/mol. The summed E-state index contributed by atoms with van der Waals surface area (Å²) in [5.74, 6) is -2.36. The van der Waals surface area contributed by atoms with Crippen molar-refractivity contribution in [2.24, 2.45) is 29.1 Å². The maximum Gasteiger partial charge on any atom is 0.351 e. The van der Waals surface area contributed by atoms with Gasteiger partial charge in [0.05, 0.1) is 18.0 Å². The maximum absolute atomic E-state index is 14.8. The zero-order valence-electron chi connectivity index (χ0n) is 32.0. The number of aliphatic hydroxyl groups is 3. The largest absolute Gasteiger partial charge is 0.496 e. The van der Waals surface area contributed by atoms with Crippen LogP contribution in [0.4, 0.5) is 14.6 Å². The number of carbonyl (C=O) groups is 1. The number of esters is 1. The Kier molecular flexibility index (Phi) is 12.5. The highest BCUT2D eigenvalue weighted by molar-refractivity contribution is 5.70. The van der Waals surface area contributed by atoms with Crippen LogP contribution in [0.25, 0.3) is 0 Å². The predicted octanol–water partition coefficient (Wildman–Crippen LogP) is 6.07. The number of carbonyl (C=O) groups excluding carboxylic acids is 1. The van der Waals surface area contributed by atoms with Crippen molar-refractivity contribution >= 4 is 11.8 Å². The standard InChI is InChI=1S/C42H57F2N3O8/c1-24(10-17-33(49)28-12-13-28)31-15-16-32-27(8-6-19-41(31,32)4)11-14-29-21-30(48)22-34(26(29)3)54-37(50)9-5-7-25(2)53-23-35-38(51)42(43,44)39(55-35)47-20-18-36(45)46-40(47)52/h10-11,14,17-18,20,24,28,30-35,38-39,48-49,51H,2-3,5-9,12-13,15-16,19,21-23H2,1,4H3,(H2,45,46,52)/b17-10+,27-11+,29-14-/t24-,30+,31?,32?,33?,34-,35?,38?,39?,41+/m0/s1. The van der Waals surface area contributed by atoms with Crippen LogP contribution in [-0.2, 0) is 19.0 Å². The van der Waals surface area contributed by atoms with Gasteiger partial charge in [-0.05, 0) is 104 Å². The number of fused-ring (bicyclic) bond motifs is 1. The van der Waals surface area contributed by atoms with Crippen LogP contribution >= 0.6 is 0 Å². The Morgan fingerprint density at radius 3 is 2.69 bits per heavy atom. The zero-order valence-corrected chi connectivity index (χ0v) is 32.0. The number of nitrogens with two attached hydrogens (primary N) is 1. The molecule has 1 aromatic heterocycles. The van der Waals surface area contributed by atoms with Crippen molar-refractivity contribution in [1.29, 1.82) is 0 Å². The molecule has 5 fully saturated rings. The molecule has 0 spiro atoms. The molecule has 1 aliphatic heterocycles. The Morgan fingerprint density at radius 2 is 1.96 bits per heavy atom. The number of ether oxygens (including phenoxy) is 3. The van der Waals surface area contributed by atoms with Crippen LogP contribution in [0.3, 0.4) is 0 Å². The first-order valence-corrected chi connectivity index (χ1v) is 19.8. The van der Waals surface area contributed by atoms with Crippen molar-refractivity contribution in [3.63, 3.8) is 0 Å². The van der Waals surface area contributed by atoms with Crippen molar-refractivity contribution in [2.45, 2.75) is 134 Å². The van der Waals surface area contributed by atoms with Crippen LogP contribution in [0.15, 0.2) is 77.0 Å². The van der Waals surface area contributed by atoms with E-state index in [0.29, 0.717) is 46.7 Å². The van der Waals surface area contributed by atoms with Crippen molar-refractivity contribution < 1.29 is 43.1 Å². The third-order valence-corrected chi connectivity index (χ3v) is 12.7. The quantitative estimate of drug-likeness (QED) is 0.0991. The lowest BCUT2D eigenvalue weighted by Gasteiger charge is -2.44. The molecular weight excluding hydrogens is 712 g/mol. The monoisotopic (exact) mass is 769 g/mol. The molecule has 0 radical (unpaired) electrons. The molecule has 13 heteroatoms. The Bertz CT molecular complexity index is 1750. The minimum Gasteiger partial charge on any atom is -0.496 e. The smallest absolute Gasteiger partial charge is 0.351 e. The van der Waals surface area contributed by atoms with E-state index >= 15 is 0 Å². The maximum atomic E-state index is 14.8. The first-order valence-electron chi connectivity index (χ1n) is 19.8. The number of anilines is 1. The molecule has 0 amide bonds. The molecule has 5 aliphatic rings. The lowest BCUT2D eigenvalue weighted by Crippen LogP contribution is -2.42. The molecule has 10 atom stereocenters. The number of nitrogens with zero attached hydrogens (tertiary/aromatic N) is 2. The van der Waals surface area contributed by atoms with Crippen molar-refractivity contribution in [3.8, 4) is 0 Å². The second-order valence-electron chi connectivity index (χ2n) is 16.6. The van der Waals surface area contributed by atoms with Gasteiger partial charge >= 0.3 is 17.6 Å². The molecule has 5 N–H and O–H groups in total. The molecule has 55 heavy (non-hydrogen) atoms. The fraction of sp³-hybridized carbons (Fsp3) is 0.643. The van der Waals surface area contributed by atoms with Crippen molar-refractivity contribution in [1.82, 2.24) is 9.55 Å². The fourth-order valence-corrected chi connectivity index (χ4v) is 9.36. The summed E-state index contributed by atoms with van der Waals surface area (Å²) < 4.78 is 46.8. The number of allylic oxidation sites excluding steroid dienone is 5. The number of aliphatic hydroxyl groups excluding tert-OH is 3. The highest BCUT2D eigenvalue weighted by Gasteiger charge is 2.60. The molecule has 0 aromatic carbocycles. The third-order valence-electron chi connectivity index (χ3n) is 12.7. The van der Waals surface area contributed by atoms with E-state index < -0.39 is 54.8 Å². The lowest BCUT2D eigenvalue weighted by molar-refractivity contribution is -0.149. The Labute approximate surface area is 321 Å². The minimum absolute atomic E-state index is 0.0235. The summed E-state index contributed by atoms with van der Waals surface area (Å²) in [7, 11) is 0. The molecular formula is C42H57F2N3O8. The van der Waals surface area contributed by atoms with E-state index in [1.807, 2.05) is 6.08 Å². The Morgan fingerprint density at radius 1 is 1.20 bits per heavy atom. The minimum atomic E-state index is -3.81. The summed E-state index contributed by atoms with van der Waals surface area (Å²) in [5.41, 5.74) is 7.58. The summed E-state index contributed by atoms with van der Waals surface area (Å²) in [5, 5.41) is 31.4. The number of aromatic nitrogens is 2. The van der Waals surface area contributed by atoms with Crippen LogP contribution in [0.5, 0.6) is 0 Å². The van der Waals surface area contributed by atoms with E-state index in [1.165, 1.54) is 18.1 Å². The van der Waals surface area contributed by atoms with Crippen molar-refractivity contribution in [2.75, 3.05) is 12.3 Å².